The van der Waals surface area contributed by atoms with Gasteiger partial charge in [0.15, 0.2) is 0 Å². The monoisotopic (exact) mass is 302 g/mol. The number of aromatic nitrogens is 4. The summed E-state index contributed by atoms with van der Waals surface area (Å²) in [4.78, 5) is 4.72. The summed E-state index contributed by atoms with van der Waals surface area (Å²) >= 11 is 6.35. The van der Waals surface area contributed by atoms with E-state index in [0.717, 1.165) is 17.9 Å². The molecule has 2 unspecified atom stereocenters. The van der Waals surface area contributed by atoms with Crippen LogP contribution in [0.5, 0.6) is 0 Å². The van der Waals surface area contributed by atoms with Crippen LogP contribution in [0.1, 0.15) is 36.7 Å². The molecule has 0 aliphatic rings. The van der Waals surface area contributed by atoms with E-state index in [4.69, 9.17) is 16.6 Å². The second-order valence-electron chi connectivity index (χ2n) is 5.48. The van der Waals surface area contributed by atoms with E-state index in [1.165, 1.54) is 11.1 Å². The molecule has 0 aliphatic carbocycles. The first-order chi connectivity index (χ1) is 10.1. The lowest BCUT2D eigenvalue weighted by atomic mass is 10.2. The molecule has 0 saturated heterocycles. The summed E-state index contributed by atoms with van der Waals surface area (Å²) < 4.78 is 4.20. The minimum absolute atomic E-state index is 0.128. The molecule has 3 aromatic rings. The van der Waals surface area contributed by atoms with Gasteiger partial charge in [0.2, 0.25) is 0 Å². The first-order valence-electron chi connectivity index (χ1n) is 7.17. The number of aryl methyl sites for hydroxylation is 1. The van der Waals surface area contributed by atoms with E-state index in [-0.39, 0.29) is 11.4 Å². The highest BCUT2D eigenvalue weighted by molar-refractivity contribution is 6.20. The van der Waals surface area contributed by atoms with Gasteiger partial charge in [0.25, 0.3) is 0 Å². The molecule has 21 heavy (non-hydrogen) atoms. The average Bonchev–Trinajstić information content (AvgIpc) is 3.05. The van der Waals surface area contributed by atoms with Gasteiger partial charge in [0, 0.05) is 12.4 Å². The fourth-order valence-electron chi connectivity index (χ4n) is 2.83. The number of imidazole rings is 1. The van der Waals surface area contributed by atoms with E-state index in [2.05, 4.69) is 29.6 Å². The third-order valence-electron chi connectivity index (χ3n) is 3.75. The molecule has 0 aliphatic heterocycles. The van der Waals surface area contributed by atoms with Crippen LogP contribution in [0.2, 0.25) is 0 Å². The van der Waals surface area contributed by atoms with Crippen molar-refractivity contribution in [1.29, 1.82) is 0 Å². The molecule has 2 aromatic heterocycles. The molecular weight excluding hydrogens is 284 g/mol. The molecule has 0 spiro atoms. The van der Waals surface area contributed by atoms with Crippen LogP contribution in [0.15, 0.2) is 36.7 Å². The van der Waals surface area contributed by atoms with Gasteiger partial charge in [0.1, 0.15) is 5.82 Å². The molecule has 0 bridgehead atoms. The number of hydrogen-bond donors (Lipinski definition) is 0. The van der Waals surface area contributed by atoms with Crippen LogP contribution >= 0.6 is 11.6 Å². The van der Waals surface area contributed by atoms with Crippen molar-refractivity contribution in [1.82, 2.24) is 19.3 Å². The number of para-hydroxylation sites is 1. The average molecular weight is 303 g/mol. The maximum absolute atomic E-state index is 6.35. The molecule has 2 heterocycles. The van der Waals surface area contributed by atoms with Crippen molar-refractivity contribution in [3.63, 3.8) is 0 Å². The predicted octanol–water partition coefficient (Wildman–Crippen LogP) is 4.10. The number of benzene rings is 1. The third kappa shape index (κ3) is 2.56. The molecule has 2 atom stereocenters. The fraction of sp³-hybridized carbons (Fsp3) is 0.375. The zero-order valence-corrected chi connectivity index (χ0v) is 13.2. The first kappa shape index (κ1) is 14.1. The predicted molar refractivity (Wildman–Crippen MR) is 85.7 cm³/mol. The van der Waals surface area contributed by atoms with Crippen LogP contribution in [-0.4, -0.2) is 19.3 Å². The summed E-state index contributed by atoms with van der Waals surface area (Å²) in [5.41, 5.74) is 3.39. The SMILES string of the molecule is Cc1cccc2nc(C(C)Cl)n(C(C)Cn3cccn3)c12. The Bertz CT molecular complexity index is 743. The van der Waals surface area contributed by atoms with Crippen LogP contribution in [0.3, 0.4) is 0 Å². The summed E-state index contributed by atoms with van der Waals surface area (Å²) in [5, 5.41) is 4.17. The van der Waals surface area contributed by atoms with Crippen molar-refractivity contribution in [3.05, 3.63) is 48.0 Å². The second-order valence-corrected chi connectivity index (χ2v) is 6.13. The van der Waals surface area contributed by atoms with Crippen molar-refractivity contribution in [2.75, 3.05) is 0 Å². The Morgan fingerprint density at radius 1 is 1.24 bits per heavy atom. The summed E-state index contributed by atoms with van der Waals surface area (Å²) in [6, 6.07) is 8.36. The molecule has 0 fully saturated rings. The fourth-order valence-corrected chi connectivity index (χ4v) is 2.98. The van der Waals surface area contributed by atoms with Gasteiger partial charge < -0.3 is 4.57 Å². The van der Waals surface area contributed by atoms with Crippen molar-refractivity contribution in [3.8, 4) is 0 Å². The lowest BCUT2D eigenvalue weighted by Gasteiger charge is -2.19. The van der Waals surface area contributed by atoms with E-state index < -0.39 is 0 Å². The normalized spacial score (nSPS) is 14.5. The quantitative estimate of drug-likeness (QED) is 0.680. The minimum Gasteiger partial charge on any atom is -0.322 e. The van der Waals surface area contributed by atoms with Crippen molar-refractivity contribution < 1.29 is 0 Å². The molecule has 0 saturated carbocycles. The molecule has 110 valence electrons. The zero-order valence-electron chi connectivity index (χ0n) is 12.5. The minimum atomic E-state index is -0.128. The Hall–Kier alpha value is -1.81. The highest BCUT2D eigenvalue weighted by Gasteiger charge is 2.20. The van der Waals surface area contributed by atoms with Gasteiger partial charge in [-0.1, -0.05) is 12.1 Å². The highest BCUT2D eigenvalue weighted by atomic mass is 35.5. The summed E-state index contributed by atoms with van der Waals surface area (Å²) in [5.74, 6) is 0.917. The number of hydrogen-bond acceptors (Lipinski definition) is 2. The van der Waals surface area contributed by atoms with Gasteiger partial charge in [-0.05, 0) is 38.5 Å². The van der Waals surface area contributed by atoms with E-state index in [0.29, 0.717) is 0 Å². The Balaban J connectivity index is 2.12. The smallest absolute Gasteiger partial charge is 0.128 e. The summed E-state index contributed by atoms with van der Waals surface area (Å²) in [6.07, 6.45) is 3.78. The standard InChI is InChI=1S/C16H19ClN4/c1-11-6-4-7-14-15(11)21(16(19-14)13(3)17)12(2)10-20-9-5-8-18-20/h4-9,12-13H,10H2,1-3H3. The molecule has 0 radical (unpaired) electrons. The van der Waals surface area contributed by atoms with Gasteiger partial charge in [-0.25, -0.2) is 4.98 Å². The van der Waals surface area contributed by atoms with Crippen LogP contribution in [-0.2, 0) is 6.54 Å². The van der Waals surface area contributed by atoms with Gasteiger partial charge in [-0.3, -0.25) is 4.68 Å². The van der Waals surface area contributed by atoms with E-state index in [9.17, 15) is 0 Å². The van der Waals surface area contributed by atoms with Crippen LogP contribution < -0.4 is 0 Å². The molecule has 0 N–H and O–H groups in total. The van der Waals surface area contributed by atoms with Gasteiger partial charge in [-0.15, -0.1) is 11.6 Å². The molecule has 4 nitrogen and oxygen atoms in total. The lowest BCUT2D eigenvalue weighted by molar-refractivity contribution is 0.434. The Morgan fingerprint density at radius 2 is 2.05 bits per heavy atom. The molecular formula is C16H19ClN4. The Morgan fingerprint density at radius 3 is 2.71 bits per heavy atom. The zero-order chi connectivity index (χ0) is 15.0. The Labute approximate surface area is 129 Å². The number of halogens is 1. The van der Waals surface area contributed by atoms with Crippen molar-refractivity contribution in [2.24, 2.45) is 0 Å². The maximum Gasteiger partial charge on any atom is 0.128 e. The topological polar surface area (TPSA) is 35.6 Å². The summed E-state index contributed by atoms with van der Waals surface area (Å²) in [6.45, 7) is 7.06. The number of nitrogens with zero attached hydrogens (tertiary/aromatic N) is 4. The van der Waals surface area contributed by atoms with E-state index in [1.807, 2.05) is 36.0 Å². The largest absolute Gasteiger partial charge is 0.322 e. The molecule has 3 rings (SSSR count). The van der Waals surface area contributed by atoms with Gasteiger partial charge in [0.05, 0.1) is 29.0 Å². The second kappa shape index (κ2) is 5.53. The van der Waals surface area contributed by atoms with Crippen LogP contribution in [0.25, 0.3) is 11.0 Å². The third-order valence-corrected chi connectivity index (χ3v) is 3.94. The number of rotatable bonds is 4. The van der Waals surface area contributed by atoms with Gasteiger partial charge in [-0.2, -0.15) is 5.10 Å². The Kier molecular flexibility index (Phi) is 3.72. The van der Waals surface area contributed by atoms with Crippen LogP contribution in [0, 0.1) is 6.92 Å². The maximum atomic E-state index is 6.35. The van der Waals surface area contributed by atoms with E-state index >= 15 is 0 Å². The van der Waals surface area contributed by atoms with Gasteiger partial charge >= 0.3 is 0 Å². The number of fused-ring (bicyclic) bond motifs is 1. The van der Waals surface area contributed by atoms with E-state index in [1.54, 1.807) is 6.20 Å². The highest BCUT2D eigenvalue weighted by Crippen LogP contribution is 2.30. The molecule has 0 amide bonds. The lowest BCUT2D eigenvalue weighted by Crippen LogP contribution is -2.16. The van der Waals surface area contributed by atoms with Crippen molar-refractivity contribution in [2.45, 2.75) is 38.7 Å². The number of alkyl halides is 1. The molecule has 5 heteroatoms. The van der Waals surface area contributed by atoms with Crippen molar-refractivity contribution >= 4 is 22.6 Å². The summed E-state index contributed by atoms with van der Waals surface area (Å²) in [7, 11) is 0. The first-order valence-corrected chi connectivity index (χ1v) is 7.60. The van der Waals surface area contributed by atoms with Crippen LogP contribution in [0.4, 0.5) is 0 Å². The molecule has 1 aromatic carbocycles.